The Balaban J connectivity index is 2.22. The number of unbranched alkanes of at least 4 members (excludes halogenated alkanes) is 3. The number of carboxylic acid groups (broad SMARTS) is 1. The Kier molecular flexibility index (Phi) is 12.0. The van der Waals surface area contributed by atoms with Crippen LogP contribution in [0.4, 0.5) is 0 Å². The fourth-order valence-electron chi connectivity index (χ4n) is 2.86. The Hall–Kier alpha value is -1.40. The maximum Gasteiger partial charge on any atom is 0.334 e. The predicted molar refractivity (Wildman–Crippen MR) is 101 cm³/mol. The van der Waals surface area contributed by atoms with Crippen molar-refractivity contribution in [3.05, 3.63) is 11.6 Å². The fraction of sp³-hybridized carbons (Fsp3) is 0.800. The van der Waals surface area contributed by atoms with E-state index in [2.05, 4.69) is 18.7 Å². The first kappa shape index (κ1) is 22.6. The van der Waals surface area contributed by atoms with Crippen LogP contribution in [-0.2, 0) is 19.1 Å². The lowest BCUT2D eigenvalue weighted by Gasteiger charge is -2.26. The first-order chi connectivity index (χ1) is 12.5. The van der Waals surface area contributed by atoms with Crippen molar-refractivity contribution >= 4 is 11.9 Å². The number of aliphatic carboxylic acids is 1. The van der Waals surface area contributed by atoms with Crippen LogP contribution in [-0.4, -0.2) is 61.4 Å². The van der Waals surface area contributed by atoms with Gasteiger partial charge in [0.15, 0.2) is 0 Å². The van der Waals surface area contributed by atoms with Crippen molar-refractivity contribution in [2.24, 2.45) is 5.92 Å². The van der Waals surface area contributed by atoms with Gasteiger partial charge in [-0.15, -0.1) is 0 Å². The molecule has 150 valence electrons. The van der Waals surface area contributed by atoms with Gasteiger partial charge >= 0.3 is 11.9 Å². The second-order valence-corrected chi connectivity index (χ2v) is 7.06. The van der Waals surface area contributed by atoms with Crippen molar-refractivity contribution in [1.82, 2.24) is 4.90 Å². The highest BCUT2D eigenvalue weighted by Crippen LogP contribution is 2.14. The molecule has 1 unspecified atom stereocenters. The second kappa shape index (κ2) is 13.8. The summed E-state index contributed by atoms with van der Waals surface area (Å²) in [6.45, 7) is 9.30. The van der Waals surface area contributed by atoms with Crippen LogP contribution in [0.5, 0.6) is 0 Å². The summed E-state index contributed by atoms with van der Waals surface area (Å²) in [4.78, 5) is 25.5. The smallest absolute Gasteiger partial charge is 0.334 e. The minimum atomic E-state index is -1.09. The molecular weight excluding hydrogens is 334 g/mol. The van der Waals surface area contributed by atoms with Gasteiger partial charge in [-0.1, -0.05) is 33.1 Å². The highest BCUT2D eigenvalue weighted by molar-refractivity contribution is 5.95. The molecule has 1 saturated heterocycles. The van der Waals surface area contributed by atoms with Gasteiger partial charge in [-0.25, -0.2) is 9.59 Å². The zero-order valence-electron chi connectivity index (χ0n) is 16.4. The van der Waals surface area contributed by atoms with Crippen LogP contribution in [0.1, 0.15) is 58.8 Å². The summed E-state index contributed by atoms with van der Waals surface area (Å²) in [7, 11) is 0. The molecular formula is C20H35NO5. The summed E-state index contributed by atoms with van der Waals surface area (Å²) in [5, 5.41) is 8.97. The average Bonchev–Trinajstić information content (AvgIpc) is 2.63. The van der Waals surface area contributed by atoms with Crippen molar-refractivity contribution in [1.29, 1.82) is 0 Å². The third-order valence-electron chi connectivity index (χ3n) is 4.87. The number of carbonyl (C=O) groups excluding carboxylic acids is 1. The van der Waals surface area contributed by atoms with Crippen molar-refractivity contribution in [3.8, 4) is 0 Å². The molecule has 0 aromatic carbocycles. The maximum absolute atomic E-state index is 12.1. The van der Waals surface area contributed by atoms with Crippen LogP contribution < -0.4 is 0 Å². The summed E-state index contributed by atoms with van der Waals surface area (Å²) in [6.07, 6.45) is 7.32. The number of esters is 1. The molecule has 1 aliphatic heterocycles. The number of rotatable bonds is 13. The van der Waals surface area contributed by atoms with Crippen LogP contribution in [0, 0.1) is 5.92 Å². The zero-order chi connectivity index (χ0) is 19.2. The number of hydrogen-bond donors (Lipinski definition) is 1. The Labute approximate surface area is 157 Å². The summed E-state index contributed by atoms with van der Waals surface area (Å²) < 4.78 is 10.6. The first-order valence-corrected chi connectivity index (χ1v) is 9.93. The van der Waals surface area contributed by atoms with Gasteiger partial charge in [-0.05, 0) is 38.1 Å². The van der Waals surface area contributed by atoms with Crippen molar-refractivity contribution < 1.29 is 24.2 Å². The standard InChI is InChI=1S/C20H35NO5/c1-3-17(2)9-13-26-20(24)18(16-19(22)23)8-6-4-5-7-10-21-11-14-25-15-12-21/h16-17H,3-15H2,1-2H3,(H,22,23)/b18-16+. The Morgan fingerprint density at radius 1 is 1.19 bits per heavy atom. The third-order valence-corrected chi connectivity index (χ3v) is 4.87. The molecule has 6 nitrogen and oxygen atoms in total. The van der Waals surface area contributed by atoms with Gasteiger partial charge in [-0.3, -0.25) is 4.90 Å². The quantitative estimate of drug-likeness (QED) is 0.305. The van der Waals surface area contributed by atoms with Gasteiger partial charge in [0.1, 0.15) is 0 Å². The molecule has 0 spiro atoms. The van der Waals surface area contributed by atoms with Crippen molar-refractivity contribution in [2.75, 3.05) is 39.5 Å². The van der Waals surface area contributed by atoms with E-state index in [4.69, 9.17) is 14.6 Å². The summed E-state index contributed by atoms with van der Waals surface area (Å²) in [6, 6.07) is 0. The zero-order valence-corrected chi connectivity index (χ0v) is 16.4. The van der Waals surface area contributed by atoms with Gasteiger partial charge in [0.25, 0.3) is 0 Å². The predicted octanol–water partition coefficient (Wildman–Crippen LogP) is 3.26. The van der Waals surface area contributed by atoms with Gasteiger partial charge in [0.05, 0.1) is 19.8 Å². The fourth-order valence-corrected chi connectivity index (χ4v) is 2.86. The lowest BCUT2D eigenvalue weighted by Crippen LogP contribution is -2.36. The molecule has 0 saturated carbocycles. The highest BCUT2D eigenvalue weighted by atomic mass is 16.5. The first-order valence-electron chi connectivity index (χ1n) is 9.93. The van der Waals surface area contributed by atoms with Gasteiger partial charge < -0.3 is 14.6 Å². The number of nitrogens with zero attached hydrogens (tertiary/aromatic N) is 1. The van der Waals surface area contributed by atoms with Crippen molar-refractivity contribution in [3.63, 3.8) is 0 Å². The summed E-state index contributed by atoms with van der Waals surface area (Å²) >= 11 is 0. The monoisotopic (exact) mass is 369 g/mol. The Morgan fingerprint density at radius 3 is 2.54 bits per heavy atom. The second-order valence-electron chi connectivity index (χ2n) is 7.06. The molecule has 6 heteroatoms. The number of carboxylic acids is 1. The topological polar surface area (TPSA) is 76.1 Å². The lowest BCUT2D eigenvalue weighted by atomic mass is 10.1. The Bertz CT molecular complexity index is 443. The Morgan fingerprint density at radius 2 is 1.88 bits per heavy atom. The maximum atomic E-state index is 12.1. The van der Waals surface area contributed by atoms with Crippen LogP contribution in [0.2, 0.25) is 0 Å². The van der Waals surface area contributed by atoms with E-state index in [0.29, 0.717) is 18.9 Å². The lowest BCUT2D eigenvalue weighted by molar-refractivity contribution is -0.140. The molecule has 0 bridgehead atoms. The van der Waals surface area contributed by atoms with E-state index in [0.717, 1.165) is 77.4 Å². The minimum Gasteiger partial charge on any atom is -0.478 e. The minimum absolute atomic E-state index is 0.273. The molecule has 1 N–H and O–H groups in total. The molecule has 0 aromatic rings. The van der Waals surface area contributed by atoms with E-state index >= 15 is 0 Å². The molecule has 1 fully saturated rings. The normalized spacial score (nSPS) is 17.1. The van der Waals surface area contributed by atoms with Gasteiger partial charge in [0.2, 0.25) is 0 Å². The molecule has 0 aromatic heterocycles. The summed E-state index contributed by atoms with van der Waals surface area (Å²) in [5.41, 5.74) is 0.273. The van der Waals surface area contributed by atoms with Gasteiger partial charge in [0, 0.05) is 24.7 Å². The van der Waals surface area contributed by atoms with E-state index in [1.54, 1.807) is 0 Å². The molecule has 1 heterocycles. The molecule has 0 amide bonds. The molecule has 1 rings (SSSR count). The van der Waals surface area contributed by atoms with Crippen molar-refractivity contribution in [2.45, 2.75) is 58.8 Å². The van der Waals surface area contributed by atoms with E-state index in [1.165, 1.54) is 0 Å². The number of ether oxygens (including phenoxy) is 2. The highest BCUT2D eigenvalue weighted by Gasteiger charge is 2.14. The SMILES string of the molecule is CCC(C)CCOC(=O)/C(=C/C(=O)O)CCCCCCN1CCOCC1. The molecule has 1 atom stereocenters. The molecule has 0 radical (unpaired) electrons. The van der Waals surface area contributed by atoms with Crippen LogP contribution in [0.25, 0.3) is 0 Å². The third kappa shape index (κ3) is 10.6. The summed E-state index contributed by atoms with van der Waals surface area (Å²) in [5.74, 6) is -1.07. The van der Waals surface area contributed by atoms with Crippen LogP contribution in [0.3, 0.4) is 0 Å². The average molecular weight is 370 g/mol. The van der Waals surface area contributed by atoms with E-state index in [1.807, 2.05) is 0 Å². The van der Waals surface area contributed by atoms with E-state index < -0.39 is 11.9 Å². The molecule has 1 aliphatic rings. The number of carbonyl (C=O) groups is 2. The van der Waals surface area contributed by atoms with Gasteiger partial charge in [-0.2, -0.15) is 0 Å². The number of morpholine rings is 1. The molecule has 26 heavy (non-hydrogen) atoms. The van der Waals surface area contributed by atoms with Crippen LogP contribution in [0.15, 0.2) is 11.6 Å². The van der Waals surface area contributed by atoms with E-state index in [-0.39, 0.29) is 5.57 Å². The van der Waals surface area contributed by atoms with E-state index in [9.17, 15) is 9.59 Å². The molecule has 0 aliphatic carbocycles. The van der Waals surface area contributed by atoms with Crippen LogP contribution >= 0.6 is 0 Å². The largest absolute Gasteiger partial charge is 0.478 e. The number of hydrogen-bond acceptors (Lipinski definition) is 5.